The number of esters is 2. The molecular weight excluding hydrogens is 566 g/mol. The molecule has 0 aromatic heterocycles. The van der Waals surface area contributed by atoms with Gasteiger partial charge in [0.05, 0.1) is 14.2 Å². The van der Waals surface area contributed by atoms with Crippen LogP contribution in [0.5, 0.6) is 0 Å². The summed E-state index contributed by atoms with van der Waals surface area (Å²) < 4.78 is 20.1. The van der Waals surface area contributed by atoms with Crippen molar-refractivity contribution >= 4 is 35.8 Å². The van der Waals surface area contributed by atoms with Crippen molar-refractivity contribution in [1.29, 1.82) is 0 Å². The Kier molecular flexibility index (Phi) is 18.4. The van der Waals surface area contributed by atoms with Crippen LogP contribution in [0.15, 0.2) is 0 Å². The molecule has 0 fully saturated rings. The van der Waals surface area contributed by atoms with Crippen LogP contribution in [0.1, 0.15) is 101 Å². The Balaban J connectivity index is 0. The first kappa shape index (κ1) is 41.7. The van der Waals surface area contributed by atoms with Crippen LogP contribution in [-0.2, 0) is 43.0 Å². The normalized spacial score (nSPS) is 12.8. The summed E-state index contributed by atoms with van der Waals surface area (Å²) >= 11 is 0. The molecule has 0 bridgehead atoms. The summed E-state index contributed by atoms with van der Waals surface area (Å²) in [5.41, 5.74) is -2.06. The van der Waals surface area contributed by atoms with Crippen molar-refractivity contribution in [1.82, 2.24) is 15.7 Å². The van der Waals surface area contributed by atoms with Crippen LogP contribution in [0, 0.1) is 0 Å². The minimum atomic E-state index is -0.992. The number of ether oxygens (including phenoxy) is 4. The van der Waals surface area contributed by atoms with Crippen LogP contribution >= 0.6 is 0 Å². The van der Waals surface area contributed by atoms with Gasteiger partial charge in [0.15, 0.2) is 0 Å². The van der Waals surface area contributed by atoms with Gasteiger partial charge in [-0.1, -0.05) is 6.92 Å². The van der Waals surface area contributed by atoms with E-state index in [1.807, 2.05) is 0 Å². The molecule has 43 heavy (non-hydrogen) atoms. The van der Waals surface area contributed by atoms with E-state index in [-0.39, 0.29) is 37.4 Å². The van der Waals surface area contributed by atoms with Gasteiger partial charge in [0.1, 0.15) is 34.7 Å². The Hall–Kier alpha value is -3.42. The van der Waals surface area contributed by atoms with E-state index in [9.17, 15) is 28.8 Å². The number of nitrogens with zero attached hydrogens (tertiary/aromatic N) is 1. The number of hydrogen-bond donors (Lipinski definition) is 2. The molecule has 0 aliphatic heterocycles. The van der Waals surface area contributed by atoms with E-state index in [1.165, 1.54) is 21.3 Å². The number of hydroxylamine groups is 2. The Morgan fingerprint density at radius 2 is 1.05 bits per heavy atom. The number of rotatable bonds is 12. The number of nitrogens with one attached hydrogen (secondary N) is 2. The first-order chi connectivity index (χ1) is 19.4. The summed E-state index contributed by atoms with van der Waals surface area (Å²) in [6, 6.07) is -1.86. The lowest BCUT2D eigenvalue weighted by Crippen LogP contribution is -2.46. The number of carbonyl (C=O) groups is 6. The molecule has 0 rings (SSSR count). The number of alkyl carbamates (subject to hydrolysis) is 2. The first-order valence-corrected chi connectivity index (χ1v) is 14.1. The molecule has 0 aromatic rings. The number of carbonyl (C=O) groups excluding carboxylic acids is 6. The van der Waals surface area contributed by atoms with E-state index >= 15 is 0 Å². The molecule has 2 atom stereocenters. The van der Waals surface area contributed by atoms with Crippen molar-refractivity contribution < 1.29 is 52.6 Å². The van der Waals surface area contributed by atoms with Crippen LogP contribution in [0.25, 0.3) is 0 Å². The summed E-state index contributed by atoms with van der Waals surface area (Å²) in [5, 5.41) is 5.93. The third-order valence-electron chi connectivity index (χ3n) is 4.94. The van der Waals surface area contributed by atoms with Gasteiger partial charge in [0.2, 0.25) is 5.91 Å². The highest BCUT2D eigenvalue weighted by Crippen LogP contribution is 2.13. The topological polar surface area (TPSA) is 176 Å². The quantitative estimate of drug-likeness (QED) is 0.184. The van der Waals surface area contributed by atoms with Crippen LogP contribution in [0.4, 0.5) is 9.59 Å². The maximum atomic E-state index is 12.3. The van der Waals surface area contributed by atoms with Crippen molar-refractivity contribution in [3.05, 3.63) is 0 Å². The summed E-state index contributed by atoms with van der Waals surface area (Å²) in [6.45, 7) is 17.2. The van der Waals surface area contributed by atoms with E-state index in [4.69, 9.17) is 19.0 Å². The lowest BCUT2D eigenvalue weighted by molar-refractivity contribution is -0.169. The molecule has 14 heteroatoms. The minimum Gasteiger partial charge on any atom is -0.467 e. The molecule has 0 aliphatic carbocycles. The molecular formula is C29H53N3O11. The largest absolute Gasteiger partial charge is 0.467 e. The van der Waals surface area contributed by atoms with Gasteiger partial charge in [0.25, 0.3) is 0 Å². The van der Waals surface area contributed by atoms with Gasteiger partial charge >= 0.3 is 24.1 Å². The second-order valence-electron chi connectivity index (χ2n) is 12.5. The van der Waals surface area contributed by atoms with E-state index < -0.39 is 53.0 Å². The summed E-state index contributed by atoms with van der Waals surface area (Å²) in [4.78, 5) is 75.1. The number of hydrogen-bond acceptors (Lipinski definition) is 11. The van der Waals surface area contributed by atoms with Crippen molar-refractivity contribution in [2.45, 2.75) is 130 Å². The van der Waals surface area contributed by atoms with Gasteiger partial charge in [-0.2, -0.15) is 0 Å². The Bertz CT molecular complexity index is 931. The molecule has 14 nitrogen and oxygen atoms in total. The van der Waals surface area contributed by atoms with Crippen LogP contribution in [-0.4, -0.2) is 91.0 Å². The van der Waals surface area contributed by atoms with Crippen molar-refractivity contribution in [3.8, 4) is 0 Å². The highest BCUT2D eigenvalue weighted by Gasteiger charge is 2.30. The Labute approximate surface area is 255 Å². The van der Waals surface area contributed by atoms with Gasteiger partial charge in [-0.05, 0) is 75.2 Å². The lowest BCUT2D eigenvalue weighted by Gasteiger charge is -2.26. The predicted octanol–water partition coefficient (Wildman–Crippen LogP) is 3.83. The molecule has 0 aliphatic rings. The van der Waals surface area contributed by atoms with E-state index in [0.29, 0.717) is 6.42 Å². The van der Waals surface area contributed by atoms with E-state index in [1.54, 1.807) is 69.2 Å². The molecule has 2 N–H and O–H groups in total. The second kappa shape index (κ2) is 19.0. The van der Waals surface area contributed by atoms with Gasteiger partial charge in [-0.15, -0.1) is 0 Å². The number of amides is 3. The SMILES string of the molecule is CCC(=O)CC[C@H](NC(=O)OC(C)(C)C)C(=O)OC.CON(C)C(=O)CC[C@H](NC(=O)OC(C)(C)C)C(=O)OC(C)(C)C. The molecule has 0 saturated carbocycles. The average Bonchev–Trinajstić information content (AvgIpc) is 2.84. The molecule has 0 radical (unpaired) electrons. The maximum Gasteiger partial charge on any atom is 0.408 e. The summed E-state index contributed by atoms with van der Waals surface area (Å²) in [6.07, 6.45) is -0.548. The van der Waals surface area contributed by atoms with E-state index in [2.05, 4.69) is 15.4 Å². The Morgan fingerprint density at radius 1 is 0.651 bits per heavy atom. The fourth-order valence-electron chi connectivity index (χ4n) is 2.92. The fraction of sp³-hybridized carbons (Fsp3) is 0.793. The molecule has 3 amide bonds. The average molecular weight is 620 g/mol. The van der Waals surface area contributed by atoms with Gasteiger partial charge < -0.3 is 29.6 Å². The molecule has 0 unspecified atom stereocenters. The van der Waals surface area contributed by atoms with Crippen molar-refractivity contribution in [2.24, 2.45) is 0 Å². The molecule has 0 heterocycles. The molecule has 0 saturated heterocycles. The number of ketones is 1. The van der Waals surface area contributed by atoms with Crippen LogP contribution in [0.2, 0.25) is 0 Å². The monoisotopic (exact) mass is 619 g/mol. The third kappa shape index (κ3) is 22.8. The highest BCUT2D eigenvalue weighted by atomic mass is 16.7. The van der Waals surface area contributed by atoms with Gasteiger partial charge in [-0.3, -0.25) is 14.4 Å². The number of methoxy groups -OCH3 is 1. The fourth-order valence-corrected chi connectivity index (χ4v) is 2.92. The zero-order valence-corrected chi connectivity index (χ0v) is 28.1. The third-order valence-corrected chi connectivity index (χ3v) is 4.94. The minimum absolute atomic E-state index is 0.00402. The van der Waals surface area contributed by atoms with E-state index in [0.717, 1.165) is 5.06 Å². The van der Waals surface area contributed by atoms with Crippen molar-refractivity contribution in [2.75, 3.05) is 21.3 Å². The highest BCUT2D eigenvalue weighted by molar-refractivity contribution is 5.84. The Morgan fingerprint density at radius 3 is 1.40 bits per heavy atom. The molecule has 250 valence electrons. The second-order valence-corrected chi connectivity index (χ2v) is 12.5. The van der Waals surface area contributed by atoms with Gasteiger partial charge in [-0.25, -0.2) is 24.2 Å². The lowest BCUT2D eigenvalue weighted by atomic mass is 10.1. The predicted molar refractivity (Wildman–Crippen MR) is 158 cm³/mol. The number of Topliss-reactive ketones (excluding diaryl/α,β-unsaturated/α-hetero) is 1. The maximum absolute atomic E-state index is 12.3. The van der Waals surface area contributed by atoms with Crippen LogP contribution < -0.4 is 10.6 Å². The zero-order valence-electron chi connectivity index (χ0n) is 28.1. The molecule has 0 aromatic carbocycles. The van der Waals surface area contributed by atoms with Crippen LogP contribution in [0.3, 0.4) is 0 Å². The van der Waals surface area contributed by atoms with Crippen molar-refractivity contribution in [3.63, 3.8) is 0 Å². The summed E-state index contributed by atoms with van der Waals surface area (Å²) in [7, 11) is 4.06. The smallest absolute Gasteiger partial charge is 0.408 e. The molecule has 0 spiro atoms. The van der Waals surface area contributed by atoms with Gasteiger partial charge in [0, 0.05) is 26.3 Å². The standard InChI is InChI=1S/C16H30N2O6.C13H23NO5/c1-15(2,3)23-13(20)11(9-10-12(19)18(7)22-8)17-14(21)24-16(4,5)6;1-6-9(15)7-8-10(11(16)18-5)14-12(17)19-13(2,3)4/h11H,9-10H2,1-8H3,(H,17,21);10H,6-8H2,1-5H3,(H,14,17)/t11-;10-/m00/s1. The zero-order chi connectivity index (χ0) is 34.2. The summed E-state index contributed by atoms with van der Waals surface area (Å²) in [5.74, 6) is -1.51. The first-order valence-electron chi connectivity index (χ1n) is 14.1.